The molecule has 0 aromatic heterocycles. The van der Waals surface area contributed by atoms with Crippen molar-refractivity contribution in [3.05, 3.63) is 95.7 Å². The van der Waals surface area contributed by atoms with Gasteiger partial charge < -0.3 is 15.4 Å². The quantitative estimate of drug-likeness (QED) is 0.316. The number of nitrogens with one attached hydrogen (secondary N) is 2. The maximum Gasteiger partial charge on any atom is 0.272 e. The van der Waals surface area contributed by atoms with E-state index in [0.29, 0.717) is 29.2 Å². The summed E-state index contributed by atoms with van der Waals surface area (Å²) in [5, 5.41) is 5.08. The number of rotatable bonds is 9. The van der Waals surface area contributed by atoms with Crippen LogP contribution in [-0.4, -0.2) is 47.4 Å². The van der Waals surface area contributed by atoms with Gasteiger partial charge in [0, 0.05) is 35.2 Å². The molecule has 3 aromatic rings. The lowest BCUT2D eigenvalue weighted by Crippen LogP contribution is -2.30. The van der Waals surface area contributed by atoms with Crippen LogP contribution in [0.2, 0.25) is 0 Å². The van der Waals surface area contributed by atoms with Crippen LogP contribution in [0.4, 0.5) is 5.69 Å². The topological polar surface area (TPSA) is 105 Å². The van der Waals surface area contributed by atoms with Crippen molar-refractivity contribution in [2.75, 3.05) is 19.0 Å². The second kappa shape index (κ2) is 12.2. The van der Waals surface area contributed by atoms with E-state index in [-0.39, 0.29) is 23.9 Å². The molecule has 1 aliphatic rings. The first kappa shape index (κ1) is 26.7. The Bertz CT molecular complexity index is 1370. The molecule has 4 rings (SSSR count). The van der Waals surface area contributed by atoms with Crippen molar-refractivity contribution in [1.29, 1.82) is 0 Å². The molecule has 1 atom stereocenters. The second-order valence-electron chi connectivity index (χ2n) is 8.43. The van der Waals surface area contributed by atoms with Gasteiger partial charge in [-0.25, -0.2) is 0 Å². The van der Waals surface area contributed by atoms with Crippen molar-refractivity contribution in [2.24, 2.45) is 0 Å². The minimum absolute atomic E-state index is 0.0440. The third kappa shape index (κ3) is 6.49. The highest BCUT2D eigenvalue weighted by atomic mass is 32.2. The summed E-state index contributed by atoms with van der Waals surface area (Å²) in [6.45, 7) is 2.32. The van der Waals surface area contributed by atoms with Gasteiger partial charge in [0.15, 0.2) is 0 Å². The van der Waals surface area contributed by atoms with Gasteiger partial charge in [-0.15, -0.1) is 11.8 Å². The van der Waals surface area contributed by atoms with E-state index in [4.69, 9.17) is 4.74 Å². The van der Waals surface area contributed by atoms with Crippen molar-refractivity contribution in [1.82, 2.24) is 10.2 Å². The Labute approximate surface area is 225 Å². The average molecular weight is 530 g/mol. The Hall–Kier alpha value is -4.37. The highest BCUT2D eigenvalue weighted by Gasteiger charge is 2.36. The van der Waals surface area contributed by atoms with E-state index >= 15 is 0 Å². The molecule has 38 heavy (non-hydrogen) atoms. The van der Waals surface area contributed by atoms with Gasteiger partial charge in [0.25, 0.3) is 11.8 Å². The summed E-state index contributed by atoms with van der Waals surface area (Å²) in [4.78, 5) is 52.1. The molecular weight excluding hydrogens is 502 g/mol. The fraction of sp³-hybridized carbons (Fsp3) is 0.172. The van der Waals surface area contributed by atoms with Gasteiger partial charge in [0.1, 0.15) is 11.4 Å². The predicted molar refractivity (Wildman–Crippen MR) is 147 cm³/mol. The summed E-state index contributed by atoms with van der Waals surface area (Å²) in [5.41, 5.74) is 1.60. The fourth-order valence-electron chi connectivity index (χ4n) is 3.78. The number of para-hydroxylation sites is 1. The molecule has 8 nitrogen and oxygen atoms in total. The molecule has 194 valence electrons. The molecule has 1 heterocycles. The molecule has 2 N–H and O–H groups in total. The lowest BCUT2D eigenvalue weighted by Gasteiger charge is -2.13. The first-order chi connectivity index (χ1) is 18.4. The maximum absolute atomic E-state index is 13.3. The molecule has 9 heteroatoms. The van der Waals surface area contributed by atoms with Crippen LogP contribution in [0.5, 0.6) is 5.75 Å². The Morgan fingerprint density at radius 2 is 1.68 bits per heavy atom. The first-order valence-electron chi connectivity index (χ1n) is 12.0. The molecule has 1 fully saturated rings. The Morgan fingerprint density at radius 3 is 2.34 bits per heavy atom. The molecular formula is C29H27N3O5S. The Morgan fingerprint density at radius 1 is 1.00 bits per heavy atom. The van der Waals surface area contributed by atoms with Crippen molar-refractivity contribution in [3.63, 3.8) is 0 Å². The summed E-state index contributed by atoms with van der Waals surface area (Å²) < 4.78 is 5.67. The predicted octanol–water partition coefficient (Wildman–Crippen LogP) is 4.34. The third-order valence-electron chi connectivity index (χ3n) is 5.78. The minimum Gasteiger partial charge on any atom is -0.493 e. The van der Waals surface area contributed by atoms with Crippen LogP contribution >= 0.6 is 11.8 Å². The zero-order valence-corrected chi connectivity index (χ0v) is 21.8. The van der Waals surface area contributed by atoms with Crippen LogP contribution in [0.15, 0.2) is 89.5 Å². The standard InChI is InChI=1S/C29H27N3O5S/c1-3-37-24-12-8-7-11-20(24)17-23(31-27(34)19-9-5-4-6-10-19)28(35)30-21-13-15-22(16-14-21)38-25-18-26(33)32(2)29(25)36/h4-17,25H,3,18H2,1-2H3,(H,30,35)(H,31,34)/b23-17-. The van der Waals surface area contributed by atoms with Crippen LogP contribution in [0, 0.1) is 0 Å². The molecule has 1 saturated heterocycles. The molecule has 0 spiro atoms. The number of thioether (sulfide) groups is 1. The number of ether oxygens (including phenoxy) is 1. The van der Waals surface area contributed by atoms with Crippen molar-refractivity contribution >= 4 is 47.2 Å². The smallest absolute Gasteiger partial charge is 0.272 e. The lowest BCUT2D eigenvalue weighted by atomic mass is 10.1. The van der Waals surface area contributed by atoms with Gasteiger partial charge in [0.2, 0.25) is 11.8 Å². The lowest BCUT2D eigenvalue weighted by molar-refractivity contribution is -0.136. The van der Waals surface area contributed by atoms with Gasteiger partial charge in [-0.1, -0.05) is 36.4 Å². The Balaban J connectivity index is 1.53. The zero-order chi connectivity index (χ0) is 27.1. The molecule has 0 saturated carbocycles. The highest BCUT2D eigenvalue weighted by Crippen LogP contribution is 2.31. The number of carbonyl (C=O) groups excluding carboxylic acids is 4. The summed E-state index contributed by atoms with van der Waals surface area (Å²) >= 11 is 1.31. The van der Waals surface area contributed by atoms with Crippen LogP contribution < -0.4 is 15.4 Å². The van der Waals surface area contributed by atoms with E-state index in [2.05, 4.69) is 10.6 Å². The molecule has 0 aliphatic carbocycles. The molecule has 4 amide bonds. The number of hydrogen-bond acceptors (Lipinski definition) is 6. The monoisotopic (exact) mass is 529 g/mol. The number of benzene rings is 3. The summed E-state index contributed by atoms with van der Waals surface area (Å²) in [6.07, 6.45) is 1.74. The van der Waals surface area contributed by atoms with Crippen LogP contribution in [-0.2, 0) is 14.4 Å². The van der Waals surface area contributed by atoms with E-state index in [0.717, 1.165) is 9.80 Å². The maximum atomic E-state index is 13.3. The molecule has 1 aliphatic heterocycles. The van der Waals surface area contributed by atoms with Crippen LogP contribution in [0.1, 0.15) is 29.3 Å². The van der Waals surface area contributed by atoms with E-state index in [1.807, 2.05) is 19.1 Å². The molecule has 1 unspecified atom stereocenters. The SMILES string of the molecule is CCOc1ccccc1/C=C(\NC(=O)c1ccccc1)C(=O)Nc1ccc(SC2CC(=O)N(C)C2=O)cc1. The molecule has 0 radical (unpaired) electrons. The number of anilines is 1. The molecule has 0 bridgehead atoms. The Kier molecular flexibility index (Phi) is 8.60. The summed E-state index contributed by atoms with van der Waals surface area (Å²) in [7, 11) is 1.48. The number of amides is 4. The normalized spacial score (nSPS) is 15.4. The summed E-state index contributed by atoms with van der Waals surface area (Å²) in [6, 6.07) is 22.8. The second-order valence-corrected chi connectivity index (χ2v) is 9.71. The molecule has 3 aromatic carbocycles. The number of likely N-dealkylation sites (tertiary alicyclic amines) is 1. The first-order valence-corrected chi connectivity index (χ1v) is 12.9. The van der Waals surface area contributed by atoms with Gasteiger partial charge in [-0.05, 0) is 55.5 Å². The number of hydrogen-bond donors (Lipinski definition) is 2. The van der Waals surface area contributed by atoms with Gasteiger partial charge in [-0.3, -0.25) is 24.1 Å². The largest absolute Gasteiger partial charge is 0.493 e. The van der Waals surface area contributed by atoms with Gasteiger partial charge >= 0.3 is 0 Å². The van der Waals surface area contributed by atoms with Crippen molar-refractivity contribution in [2.45, 2.75) is 23.5 Å². The number of imide groups is 1. The van der Waals surface area contributed by atoms with Crippen molar-refractivity contribution in [3.8, 4) is 5.75 Å². The van der Waals surface area contributed by atoms with E-state index in [1.165, 1.54) is 18.8 Å². The van der Waals surface area contributed by atoms with Gasteiger partial charge in [-0.2, -0.15) is 0 Å². The van der Waals surface area contributed by atoms with Crippen molar-refractivity contribution < 1.29 is 23.9 Å². The van der Waals surface area contributed by atoms with Crippen LogP contribution in [0.3, 0.4) is 0 Å². The van der Waals surface area contributed by atoms with Gasteiger partial charge in [0.05, 0.1) is 11.9 Å². The highest BCUT2D eigenvalue weighted by molar-refractivity contribution is 8.00. The zero-order valence-electron chi connectivity index (χ0n) is 21.0. The van der Waals surface area contributed by atoms with E-state index in [1.54, 1.807) is 72.8 Å². The number of nitrogens with zero attached hydrogens (tertiary/aromatic N) is 1. The summed E-state index contributed by atoms with van der Waals surface area (Å²) in [5.74, 6) is -0.762. The van der Waals surface area contributed by atoms with E-state index < -0.39 is 17.1 Å². The van der Waals surface area contributed by atoms with Crippen LogP contribution in [0.25, 0.3) is 6.08 Å². The average Bonchev–Trinajstić information content (AvgIpc) is 3.17. The minimum atomic E-state index is -0.515. The third-order valence-corrected chi connectivity index (χ3v) is 6.98. The number of carbonyl (C=O) groups is 4. The fourth-order valence-corrected chi connectivity index (χ4v) is 4.88. The van der Waals surface area contributed by atoms with E-state index in [9.17, 15) is 19.2 Å².